The molecule has 0 saturated carbocycles. The minimum atomic E-state index is -0.135. The molecule has 0 amide bonds. The first-order valence-electron chi connectivity index (χ1n) is 8.26. The van der Waals surface area contributed by atoms with Crippen LogP contribution in [0.3, 0.4) is 0 Å². The molecule has 0 fully saturated rings. The quantitative estimate of drug-likeness (QED) is 0.493. The van der Waals surface area contributed by atoms with Gasteiger partial charge in [0, 0.05) is 18.2 Å². The highest BCUT2D eigenvalue weighted by Crippen LogP contribution is 2.38. The Morgan fingerprint density at radius 3 is 2.00 bits per heavy atom. The van der Waals surface area contributed by atoms with Gasteiger partial charge in [-0.3, -0.25) is 4.79 Å². The van der Waals surface area contributed by atoms with Crippen LogP contribution in [0.1, 0.15) is 21.5 Å². The first kappa shape index (κ1) is 20.3. The van der Waals surface area contributed by atoms with Crippen LogP contribution in [0.4, 0.5) is 0 Å². The van der Waals surface area contributed by atoms with Gasteiger partial charge in [0.1, 0.15) is 5.75 Å². The van der Waals surface area contributed by atoms with E-state index in [1.54, 1.807) is 72.0 Å². The second-order valence-electron chi connectivity index (χ2n) is 5.62. The van der Waals surface area contributed by atoms with Gasteiger partial charge in [-0.25, -0.2) is 0 Å². The Bertz CT molecular complexity index is 800. The molecule has 0 aromatic heterocycles. The maximum atomic E-state index is 12.6. The SMILES string of the molecule is COCc1cc(C(=O)/C=C/c2cc(OC)c(OC)c(OC)c2)ccc1OC. The monoisotopic (exact) mass is 372 g/mol. The summed E-state index contributed by atoms with van der Waals surface area (Å²) in [7, 11) is 7.81. The molecule has 0 bridgehead atoms. The number of ketones is 1. The highest BCUT2D eigenvalue weighted by atomic mass is 16.5. The van der Waals surface area contributed by atoms with Crippen LogP contribution < -0.4 is 18.9 Å². The third-order valence-corrected chi connectivity index (χ3v) is 3.98. The van der Waals surface area contributed by atoms with Crippen LogP contribution in [-0.2, 0) is 11.3 Å². The number of ether oxygens (including phenoxy) is 5. The average molecular weight is 372 g/mol. The third kappa shape index (κ3) is 4.80. The average Bonchev–Trinajstić information content (AvgIpc) is 2.71. The smallest absolute Gasteiger partial charge is 0.203 e. The van der Waals surface area contributed by atoms with Crippen molar-refractivity contribution in [3.63, 3.8) is 0 Å². The van der Waals surface area contributed by atoms with Crippen molar-refractivity contribution in [1.29, 1.82) is 0 Å². The van der Waals surface area contributed by atoms with E-state index in [0.717, 1.165) is 11.1 Å². The topological polar surface area (TPSA) is 63.2 Å². The molecule has 0 aliphatic rings. The van der Waals surface area contributed by atoms with Crippen molar-refractivity contribution in [2.75, 3.05) is 35.5 Å². The second-order valence-corrected chi connectivity index (χ2v) is 5.62. The summed E-state index contributed by atoms with van der Waals surface area (Å²) in [6, 6.07) is 8.80. The number of carbonyl (C=O) groups excluding carboxylic acids is 1. The summed E-state index contributed by atoms with van der Waals surface area (Å²) < 4.78 is 26.4. The Morgan fingerprint density at radius 1 is 0.852 bits per heavy atom. The van der Waals surface area contributed by atoms with Crippen LogP contribution in [0.25, 0.3) is 6.08 Å². The summed E-state index contributed by atoms with van der Waals surface area (Å²) >= 11 is 0. The highest BCUT2D eigenvalue weighted by Gasteiger charge is 2.13. The summed E-state index contributed by atoms with van der Waals surface area (Å²) in [5.74, 6) is 2.10. The Balaban J connectivity index is 2.30. The van der Waals surface area contributed by atoms with Gasteiger partial charge in [0.2, 0.25) is 5.75 Å². The molecule has 0 heterocycles. The molecule has 2 aromatic rings. The van der Waals surface area contributed by atoms with Gasteiger partial charge in [-0.2, -0.15) is 0 Å². The number of benzene rings is 2. The number of hydrogen-bond donors (Lipinski definition) is 0. The fourth-order valence-corrected chi connectivity index (χ4v) is 2.67. The van der Waals surface area contributed by atoms with Gasteiger partial charge in [-0.1, -0.05) is 6.08 Å². The molecule has 0 spiro atoms. The first-order valence-corrected chi connectivity index (χ1v) is 8.26. The van der Waals surface area contributed by atoms with Gasteiger partial charge >= 0.3 is 0 Å². The minimum Gasteiger partial charge on any atom is -0.496 e. The molecule has 2 aromatic carbocycles. The molecule has 0 aliphatic carbocycles. The van der Waals surface area contributed by atoms with E-state index in [0.29, 0.717) is 35.2 Å². The predicted molar refractivity (Wildman–Crippen MR) is 103 cm³/mol. The van der Waals surface area contributed by atoms with Crippen LogP contribution in [0, 0.1) is 0 Å². The van der Waals surface area contributed by atoms with Gasteiger partial charge in [-0.05, 0) is 42.0 Å². The predicted octanol–water partition coefficient (Wildman–Crippen LogP) is 3.76. The van der Waals surface area contributed by atoms with Crippen LogP contribution in [0.5, 0.6) is 23.0 Å². The van der Waals surface area contributed by atoms with E-state index in [1.807, 2.05) is 0 Å². The van der Waals surface area contributed by atoms with Gasteiger partial charge in [0.15, 0.2) is 17.3 Å². The molecule has 0 unspecified atom stereocenters. The summed E-state index contributed by atoms with van der Waals surface area (Å²) in [4.78, 5) is 12.6. The lowest BCUT2D eigenvalue weighted by molar-refractivity contribution is 0.104. The number of rotatable bonds is 9. The number of methoxy groups -OCH3 is 5. The molecule has 0 saturated heterocycles. The summed E-state index contributed by atoms with van der Waals surface area (Å²) in [5, 5.41) is 0. The highest BCUT2D eigenvalue weighted by molar-refractivity contribution is 6.07. The fourth-order valence-electron chi connectivity index (χ4n) is 2.67. The Labute approximate surface area is 159 Å². The lowest BCUT2D eigenvalue weighted by Gasteiger charge is -2.12. The van der Waals surface area contributed by atoms with Crippen LogP contribution in [0.15, 0.2) is 36.4 Å². The molecular formula is C21H24O6. The Hall–Kier alpha value is -2.99. The molecule has 0 N–H and O–H groups in total. The standard InChI is InChI=1S/C21H24O6/c1-23-13-16-12-15(7-9-18(16)24-2)17(22)8-6-14-10-19(25-3)21(27-5)20(11-14)26-4/h6-12H,13H2,1-5H3/b8-6+. The molecule has 6 nitrogen and oxygen atoms in total. The molecule has 6 heteroatoms. The zero-order chi connectivity index (χ0) is 19.8. The van der Waals surface area contributed by atoms with Gasteiger partial charge in [0.05, 0.1) is 35.0 Å². The van der Waals surface area contributed by atoms with E-state index in [-0.39, 0.29) is 5.78 Å². The normalized spacial score (nSPS) is 10.7. The second kappa shape index (κ2) is 9.64. The first-order chi connectivity index (χ1) is 13.1. The van der Waals surface area contributed by atoms with Gasteiger partial charge in [0.25, 0.3) is 0 Å². The van der Waals surface area contributed by atoms with Crippen molar-refractivity contribution in [1.82, 2.24) is 0 Å². The Morgan fingerprint density at radius 2 is 1.48 bits per heavy atom. The zero-order valence-electron chi connectivity index (χ0n) is 16.2. The van der Waals surface area contributed by atoms with E-state index in [4.69, 9.17) is 23.7 Å². The van der Waals surface area contributed by atoms with Crippen molar-refractivity contribution in [3.8, 4) is 23.0 Å². The summed E-state index contributed by atoms with van der Waals surface area (Å²) in [6.45, 7) is 0.362. The summed E-state index contributed by atoms with van der Waals surface area (Å²) in [6.07, 6.45) is 3.20. The lowest BCUT2D eigenvalue weighted by atomic mass is 10.0. The Kier molecular flexibility index (Phi) is 7.25. The number of carbonyl (C=O) groups is 1. The maximum absolute atomic E-state index is 12.6. The van der Waals surface area contributed by atoms with E-state index in [1.165, 1.54) is 6.08 Å². The lowest BCUT2D eigenvalue weighted by Crippen LogP contribution is -2.00. The third-order valence-electron chi connectivity index (χ3n) is 3.98. The molecule has 27 heavy (non-hydrogen) atoms. The molecular weight excluding hydrogens is 348 g/mol. The molecule has 0 atom stereocenters. The molecule has 0 aliphatic heterocycles. The molecule has 144 valence electrons. The van der Waals surface area contributed by atoms with Crippen LogP contribution in [0.2, 0.25) is 0 Å². The molecule has 0 radical (unpaired) electrons. The van der Waals surface area contributed by atoms with Crippen LogP contribution in [-0.4, -0.2) is 41.3 Å². The van der Waals surface area contributed by atoms with E-state index < -0.39 is 0 Å². The van der Waals surface area contributed by atoms with Crippen molar-refractivity contribution < 1.29 is 28.5 Å². The summed E-state index contributed by atoms with van der Waals surface area (Å²) in [5.41, 5.74) is 2.11. The zero-order valence-corrected chi connectivity index (χ0v) is 16.2. The largest absolute Gasteiger partial charge is 0.496 e. The van der Waals surface area contributed by atoms with Crippen molar-refractivity contribution in [2.24, 2.45) is 0 Å². The minimum absolute atomic E-state index is 0.135. The van der Waals surface area contributed by atoms with Crippen molar-refractivity contribution >= 4 is 11.9 Å². The van der Waals surface area contributed by atoms with Crippen molar-refractivity contribution in [2.45, 2.75) is 6.61 Å². The molecule has 2 rings (SSSR count). The van der Waals surface area contributed by atoms with Gasteiger partial charge < -0.3 is 23.7 Å². The van der Waals surface area contributed by atoms with E-state index >= 15 is 0 Å². The maximum Gasteiger partial charge on any atom is 0.203 e. The van der Waals surface area contributed by atoms with E-state index in [9.17, 15) is 4.79 Å². The van der Waals surface area contributed by atoms with Crippen LogP contribution >= 0.6 is 0 Å². The van der Waals surface area contributed by atoms with Crippen molar-refractivity contribution in [3.05, 3.63) is 53.1 Å². The number of allylic oxidation sites excluding steroid dienone is 1. The van der Waals surface area contributed by atoms with Gasteiger partial charge in [-0.15, -0.1) is 0 Å². The fraction of sp³-hybridized carbons (Fsp3) is 0.286. The van der Waals surface area contributed by atoms with E-state index in [2.05, 4.69) is 0 Å². The number of hydrogen-bond acceptors (Lipinski definition) is 6.